The van der Waals surface area contributed by atoms with Crippen molar-refractivity contribution in [3.63, 3.8) is 0 Å². The molecule has 1 heterocycles. The van der Waals surface area contributed by atoms with Crippen molar-refractivity contribution >= 4 is 12.0 Å². The molecule has 0 aromatic heterocycles. The SMILES string of the molecule is CCC(C)C(NC(=O)N1CCN(C)C(CC)C1)C(=O)O. The molecule has 0 aromatic carbocycles. The van der Waals surface area contributed by atoms with Crippen molar-refractivity contribution in [2.75, 3.05) is 26.7 Å². The highest BCUT2D eigenvalue weighted by Crippen LogP contribution is 2.13. The fourth-order valence-electron chi connectivity index (χ4n) is 2.48. The number of carbonyl (C=O) groups is 2. The molecule has 3 unspecified atom stereocenters. The smallest absolute Gasteiger partial charge is 0.326 e. The van der Waals surface area contributed by atoms with Crippen LogP contribution in [0.2, 0.25) is 0 Å². The van der Waals surface area contributed by atoms with Gasteiger partial charge in [0.1, 0.15) is 6.04 Å². The van der Waals surface area contributed by atoms with E-state index in [0.717, 1.165) is 19.4 Å². The third-order valence-corrected chi connectivity index (χ3v) is 4.29. The summed E-state index contributed by atoms with van der Waals surface area (Å²) in [7, 11) is 2.06. The van der Waals surface area contributed by atoms with Crippen LogP contribution in [0.15, 0.2) is 0 Å². The summed E-state index contributed by atoms with van der Waals surface area (Å²) >= 11 is 0. The molecule has 0 radical (unpaired) electrons. The number of nitrogens with zero attached hydrogens (tertiary/aromatic N) is 2. The van der Waals surface area contributed by atoms with E-state index in [9.17, 15) is 14.7 Å². The fraction of sp³-hybridized carbons (Fsp3) is 0.857. The molecule has 2 N–H and O–H groups in total. The van der Waals surface area contributed by atoms with Crippen molar-refractivity contribution in [1.82, 2.24) is 15.1 Å². The van der Waals surface area contributed by atoms with Crippen molar-refractivity contribution in [3.05, 3.63) is 0 Å². The molecule has 0 aliphatic carbocycles. The van der Waals surface area contributed by atoms with E-state index in [0.29, 0.717) is 19.1 Å². The molecule has 20 heavy (non-hydrogen) atoms. The standard InChI is InChI=1S/C14H27N3O3/c1-5-10(3)12(13(18)19)15-14(20)17-8-7-16(4)11(6-2)9-17/h10-12H,5-9H2,1-4H3,(H,15,20)(H,18,19). The molecule has 3 atom stereocenters. The predicted octanol–water partition coefficient (Wildman–Crippen LogP) is 1.22. The number of piperazine rings is 1. The lowest BCUT2D eigenvalue weighted by atomic mass is 9.99. The number of amides is 2. The van der Waals surface area contributed by atoms with E-state index >= 15 is 0 Å². The van der Waals surface area contributed by atoms with Gasteiger partial charge in [-0.25, -0.2) is 9.59 Å². The van der Waals surface area contributed by atoms with Crippen molar-refractivity contribution in [1.29, 1.82) is 0 Å². The van der Waals surface area contributed by atoms with Gasteiger partial charge in [-0.3, -0.25) is 4.90 Å². The monoisotopic (exact) mass is 285 g/mol. The van der Waals surface area contributed by atoms with Crippen LogP contribution in [0.4, 0.5) is 4.79 Å². The van der Waals surface area contributed by atoms with Crippen molar-refractivity contribution in [2.24, 2.45) is 5.92 Å². The molecule has 6 heteroatoms. The Morgan fingerprint density at radius 3 is 2.50 bits per heavy atom. The van der Waals surface area contributed by atoms with Gasteiger partial charge < -0.3 is 15.3 Å². The van der Waals surface area contributed by atoms with Gasteiger partial charge in [-0.05, 0) is 19.4 Å². The van der Waals surface area contributed by atoms with Gasteiger partial charge in [0, 0.05) is 25.7 Å². The minimum Gasteiger partial charge on any atom is -0.480 e. The lowest BCUT2D eigenvalue weighted by Crippen LogP contribution is -2.58. The summed E-state index contributed by atoms with van der Waals surface area (Å²) in [6.45, 7) is 8.00. The van der Waals surface area contributed by atoms with Crippen molar-refractivity contribution in [3.8, 4) is 0 Å². The fourth-order valence-corrected chi connectivity index (χ4v) is 2.48. The number of nitrogens with one attached hydrogen (secondary N) is 1. The minimum atomic E-state index is -0.964. The first-order valence-electron chi connectivity index (χ1n) is 7.39. The molecule has 0 aromatic rings. The Kier molecular flexibility index (Phi) is 6.26. The summed E-state index contributed by atoms with van der Waals surface area (Å²) in [5.74, 6) is -1.04. The molecule has 1 fully saturated rings. The first-order chi connectivity index (χ1) is 9.40. The Morgan fingerprint density at radius 2 is 2.00 bits per heavy atom. The van der Waals surface area contributed by atoms with Crippen molar-refractivity contribution in [2.45, 2.75) is 45.7 Å². The normalized spacial score (nSPS) is 23.2. The predicted molar refractivity (Wildman–Crippen MR) is 77.7 cm³/mol. The van der Waals surface area contributed by atoms with Crippen LogP contribution in [0.5, 0.6) is 0 Å². The van der Waals surface area contributed by atoms with Gasteiger partial charge >= 0.3 is 12.0 Å². The number of likely N-dealkylation sites (N-methyl/N-ethyl adjacent to an activating group) is 1. The first-order valence-corrected chi connectivity index (χ1v) is 7.39. The summed E-state index contributed by atoms with van der Waals surface area (Å²) in [6.07, 6.45) is 1.70. The van der Waals surface area contributed by atoms with E-state index in [1.807, 2.05) is 13.8 Å². The van der Waals surface area contributed by atoms with Gasteiger partial charge in [0.2, 0.25) is 0 Å². The zero-order chi connectivity index (χ0) is 15.3. The second kappa shape index (κ2) is 7.47. The Bertz CT molecular complexity index is 349. The molecule has 1 saturated heterocycles. The number of aliphatic carboxylic acids is 1. The van der Waals surface area contributed by atoms with Crippen LogP contribution >= 0.6 is 0 Å². The molecule has 116 valence electrons. The summed E-state index contributed by atoms with van der Waals surface area (Å²) in [6, 6.07) is -0.724. The minimum absolute atomic E-state index is 0.0779. The average molecular weight is 285 g/mol. The zero-order valence-corrected chi connectivity index (χ0v) is 12.9. The summed E-state index contributed by atoms with van der Waals surface area (Å²) in [5.41, 5.74) is 0. The molecular weight excluding hydrogens is 258 g/mol. The summed E-state index contributed by atoms with van der Waals surface area (Å²) < 4.78 is 0. The number of rotatable bonds is 5. The lowest BCUT2D eigenvalue weighted by molar-refractivity contribution is -0.140. The Labute approximate surface area is 121 Å². The molecule has 6 nitrogen and oxygen atoms in total. The topological polar surface area (TPSA) is 72.9 Å². The second-order valence-electron chi connectivity index (χ2n) is 5.64. The van der Waals surface area contributed by atoms with Gasteiger partial charge in [0.15, 0.2) is 0 Å². The van der Waals surface area contributed by atoms with E-state index in [4.69, 9.17) is 0 Å². The molecule has 2 amide bonds. The van der Waals surface area contributed by atoms with E-state index in [-0.39, 0.29) is 11.9 Å². The third kappa shape index (κ3) is 4.10. The highest BCUT2D eigenvalue weighted by Gasteiger charge is 2.30. The Balaban J connectivity index is 2.63. The average Bonchev–Trinajstić information content (AvgIpc) is 2.43. The maximum absolute atomic E-state index is 12.2. The van der Waals surface area contributed by atoms with Gasteiger partial charge in [-0.1, -0.05) is 27.2 Å². The number of carboxylic acid groups (broad SMARTS) is 1. The molecule has 1 aliphatic heterocycles. The molecule has 1 rings (SSSR count). The largest absolute Gasteiger partial charge is 0.480 e. The Morgan fingerprint density at radius 1 is 1.35 bits per heavy atom. The van der Waals surface area contributed by atoms with Crippen LogP contribution in [0, 0.1) is 5.92 Å². The van der Waals surface area contributed by atoms with Crippen LogP contribution < -0.4 is 5.32 Å². The Hall–Kier alpha value is -1.30. The van der Waals surface area contributed by atoms with Crippen LogP contribution in [0.1, 0.15) is 33.6 Å². The molecule has 1 aliphatic rings. The number of carbonyl (C=O) groups excluding carboxylic acids is 1. The van der Waals surface area contributed by atoms with Crippen molar-refractivity contribution < 1.29 is 14.7 Å². The van der Waals surface area contributed by atoms with E-state index in [1.54, 1.807) is 4.90 Å². The maximum Gasteiger partial charge on any atom is 0.326 e. The second-order valence-corrected chi connectivity index (χ2v) is 5.64. The van der Waals surface area contributed by atoms with Gasteiger partial charge in [-0.15, -0.1) is 0 Å². The van der Waals surface area contributed by atoms with Gasteiger partial charge in [0.05, 0.1) is 0 Å². The molecular formula is C14H27N3O3. The highest BCUT2D eigenvalue weighted by molar-refractivity contribution is 5.82. The van der Waals surface area contributed by atoms with E-state index in [2.05, 4.69) is 24.2 Å². The van der Waals surface area contributed by atoms with Gasteiger partial charge in [0.25, 0.3) is 0 Å². The number of hydrogen-bond donors (Lipinski definition) is 2. The van der Waals surface area contributed by atoms with Crippen LogP contribution in [-0.4, -0.2) is 65.7 Å². The maximum atomic E-state index is 12.2. The quantitative estimate of drug-likeness (QED) is 0.796. The third-order valence-electron chi connectivity index (χ3n) is 4.29. The molecule has 0 bridgehead atoms. The van der Waals surface area contributed by atoms with Gasteiger partial charge in [-0.2, -0.15) is 0 Å². The number of carboxylic acids is 1. The van der Waals surface area contributed by atoms with Crippen LogP contribution in [0.3, 0.4) is 0 Å². The molecule has 0 saturated carbocycles. The van der Waals surface area contributed by atoms with E-state index < -0.39 is 12.0 Å². The highest BCUT2D eigenvalue weighted by atomic mass is 16.4. The molecule has 0 spiro atoms. The summed E-state index contributed by atoms with van der Waals surface area (Å²) in [4.78, 5) is 27.5. The van der Waals surface area contributed by atoms with E-state index in [1.165, 1.54) is 0 Å². The van der Waals surface area contributed by atoms with Crippen LogP contribution in [0.25, 0.3) is 0 Å². The van der Waals surface area contributed by atoms with Crippen LogP contribution in [-0.2, 0) is 4.79 Å². The summed E-state index contributed by atoms with van der Waals surface area (Å²) in [5, 5.41) is 11.9. The zero-order valence-electron chi connectivity index (χ0n) is 12.9. The number of urea groups is 1. The first kappa shape index (κ1) is 16.8. The lowest BCUT2D eigenvalue weighted by Gasteiger charge is -2.39. The number of hydrogen-bond acceptors (Lipinski definition) is 3.